The number of benzene rings is 1. The lowest BCUT2D eigenvalue weighted by atomic mass is 9.82. The molecule has 0 saturated heterocycles. The SMILES string of the molecule is Cc1ccc2c(c1)c1c(n2C)C(CC(C)(O)c2cccnc2)C[NH2+]C1. The molecule has 3 aromatic rings. The van der Waals surface area contributed by atoms with Gasteiger partial charge in [0.15, 0.2) is 0 Å². The number of aryl methyl sites for hydroxylation is 2. The van der Waals surface area contributed by atoms with Crippen LogP contribution in [0.2, 0.25) is 0 Å². The number of rotatable bonds is 3. The fourth-order valence-electron chi connectivity index (χ4n) is 4.39. The summed E-state index contributed by atoms with van der Waals surface area (Å²) >= 11 is 0. The predicted molar refractivity (Wildman–Crippen MR) is 99.3 cm³/mol. The van der Waals surface area contributed by atoms with Gasteiger partial charge in [-0.2, -0.15) is 0 Å². The molecule has 2 unspecified atom stereocenters. The fraction of sp³-hybridized carbons (Fsp3) is 0.381. The van der Waals surface area contributed by atoms with Gasteiger partial charge in [0.2, 0.25) is 0 Å². The second-order valence-corrected chi connectivity index (χ2v) is 7.59. The van der Waals surface area contributed by atoms with Crippen molar-refractivity contribution in [2.45, 2.75) is 38.3 Å². The van der Waals surface area contributed by atoms with Crippen LogP contribution < -0.4 is 5.32 Å². The molecule has 25 heavy (non-hydrogen) atoms. The van der Waals surface area contributed by atoms with Gasteiger partial charge in [0.05, 0.1) is 18.1 Å². The van der Waals surface area contributed by atoms with E-state index >= 15 is 0 Å². The van der Waals surface area contributed by atoms with Crippen molar-refractivity contribution in [2.24, 2.45) is 7.05 Å². The molecular weight excluding hydrogens is 310 g/mol. The van der Waals surface area contributed by atoms with E-state index in [1.807, 2.05) is 19.1 Å². The van der Waals surface area contributed by atoms with E-state index in [0.29, 0.717) is 12.3 Å². The quantitative estimate of drug-likeness (QED) is 0.771. The average Bonchev–Trinajstić information content (AvgIpc) is 2.89. The van der Waals surface area contributed by atoms with Crippen molar-refractivity contribution in [3.8, 4) is 0 Å². The molecule has 2 atom stereocenters. The van der Waals surface area contributed by atoms with E-state index < -0.39 is 5.60 Å². The molecule has 2 aromatic heterocycles. The number of aromatic nitrogens is 2. The Kier molecular flexibility index (Phi) is 3.89. The molecule has 1 aliphatic rings. The lowest BCUT2D eigenvalue weighted by Gasteiger charge is -2.31. The summed E-state index contributed by atoms with van der Waals surface area (Å²) in [6.07, 6.45) is 4.22. The third-order valence-corrected chi connectivity index (χ3v) is 5.62. The van der Waals surface area contributed by atoms with Crippen LogP contribution >= 0.6 is 0 Å². The number of fused-ring (bicyclic) bond motifs is 3. The molecule has 3 heterocycles. The molecule has 0 spiro atoms. The van der Waals surface area contributed by atoms with Crippen LogP contribution in [0.15, 0.2) is 42.7 Å². The maximum Gasteiger partial charge on any atom is 0.104 e. The summed E-state index contributed by atoms with van der Waals surface area (Å²) in [6, 6.07) is 10.5. The normalized spacial score (nSPS) is 19.6. The standard InChI is InChI=1S/C21H25N3O/c1-14-6-7-19-17(9-14)18-13-23-11-15(20(18)24(19)3)10-21(2,25)16-5-4-8-22-12-16/h4-9,12,15,23,25H,10-11,13H2,1-3H3/p+1. The van der Waals surface area contributed by atoms with Gasteiger partial charge in [-0.15, -0.1) is 0 Å². The molecule has 0 radical (unpaired) electrons. The van der Waals surface area contributed by atoms with Gasteiger partial charge >= 0.3 is 0 Å². The Bertz CT molecular complexity index is 912. The first-order valence-electron chi connectivity index (χ1n) is 9.00. The first-order chi connectivity index (χ1) is 12.0. The van der Waals surface area contributed by atoms with Crippen LogP contribution in [0.3, 0.4) is 0 Å². The van der Waals surface area contributed by atoms with Gasteiger partial charge in [0.1, 0.15) is 6.54 Å². The molecule has 0 aliphatic carbocycles. The van der Waals surface area contributed by atoms with Crippen molar-refractivity contribution >= 4 is 10.9 Å². The van der Waals surface area contributed by atoms with Crippen molar-refractivity contribution in [1.82, 2.24) is 9.55 Å². The van der Waals surface area contributed by atoms with Gasteiger partial charge in [0, 0.05) is 47.2 Å². The third-order valence-electron chi connectivity index (χ3n) is 5.62. The van der Waals surface area contributed by atoms with E-state index in [1.165, 1.54) is 27.7 Å². The molecule has 3 N–H and O–H groups in total. The molecule has 0 amide bonds. The largest absolute Gasteiger partial charge is 0.385 e. The van der Waals surface area contributed by atoms with Crippen LogP contribution in [0.1, 0.15) is 41.6 Å². The Morgan fingerprint density at radius 3 is 2.96 bits per heavy atom. The highest BCUT2D eigenvalue weighted by molar-refractivity contribution is 5.86. The number of nitrogens with zero attached hydrogens (tertiary/aromatic N) is 2. The van der Waals surface area contributed by atoms with Crippen molar-refractivity contribution in [3.05, 3.63) is 65.1 Å². The highest BCUT2D eigenvalue weighted by atomic mass is 16.3. The minimum atomic E-state index is -0.881. The fourth-order valence-corrected chi connectivity index (χ4v) is 4.39. The van der Waals surface area contributed by atoms with E-state index in [4.69, 9.17) is 0 Å². The monoisotopic (exact) mass is 336 g/mol. The van der Waals surface area contributed by atoms with Crippen LogP contribution in [0, 0.1) is 6.92 Å². The molecule has 0 bridgehead atoms. The maximum absolute atomic E-state index is 11.1. The van der Waals surface area contributed by atoms with E-state index in [1.54, 1.807) is 12.4 Å². The second kappa shape index (κ2) is 5.97. The Morgan fingerprint density at radius 1 is 1.36 bits per heavy atom. The van der Waals surface area contributed by atoms with Crippen LogP contribution in [0.4, 0.5) is 0 Å². The third kappa shape index (κ3) is 2.75. The molecule has 4 heteroatoms. The summed E-state index contributed by atoms with van der Waals surface area (Å²) in [7, 11) is 2.16. The number of hydrogen-bond donors (Lipinski definition) is 2. The van der Waals surface area contributed by atoms with Crippen LogP contribution in [-0.2, 0) is 19.2 Å². The first kappa shape index (κ1) is 16.3. The smallest absolute Gasteiger partial charge is 0.104 e. The van der Waals surface area contributed by atoms with Gasteiger partial charge in [-0.25, -0.2) is 0 Å². The van der Waals surface area contributed by atoms with Gasteiger partial charge in [-0.1, -0.05) is 17.7 Å². The summed E-state index contributed by atoms with van der Waals surface area (Å²) in [6.45, 7) is 6.08. The summed E-state index contributed by atoms with van der Waals surface area (Å²) in [5, 5.41) is 14.8. The minimum Gasteiger partial charge on any atom is -0.385 e. The summed E-state index contributed by atoms with van der Waals surface area (Å²) in [5.74, 6) is 0.316. The van der Waals surface area contributed by atoms with E-state index in [0.717, 1.165) is 18.7 Å². The van der Waals surface area contributed by atoms with Crippen LogP contribution in [-0.4, -0.2) is 21.2 Å². The van der Waals surface area contributed by atoms with Crippen LogP contribution in [0.5, 0.6) is 0 Å². The van der Waals surface area contributed by atoms with E-state index in [9.17, 15) is 5.11 Å². The number of pyridine rings is 1. The molecular formula is C21H26N3O+. The highest BCUT2D eigenvalue weighted by Gasteiger charge is 2.35. The molecule has 0 fully saturated rings. The van der Waals surface area contributed by atoms with Gasteiger partial charge in [0.25, 0.3) is 0 Å². The number of quaternary nitrogens is 1. The zero-order chi connectivity index (χ0) is 17.6. The predicted octanol–water partition coefficient (Wildman–Crippen LogP) is 2.34. The lowest BCUT2D eigenvalue weighted by Crippen LogP contribution is -2.85. The second-order valence-electron chi connectivity index (χ2n) is 7.59. The Hall–Kier alpha value is -2.17. The summed E-state index contributed by atoms with van der Waals surface area (Å²) in [5.41, 5.74) is 5.40. The van der Waals surface area contributed by atoms with Crippen LogP contribution in [0.25, 0.3) is 10.9 Å². The van der Waals surface area contributed by atoms with E-state index in [2.05, 4.69) is 47.0 Å². The van der Waals surface area contributed by atoms with Gasteiger partial charge in [-0.05, 0) is 38.5 Å². The number of nitrogens with two attached hydrogens (primary N) is 1. The first-order valence-corrected chi connectivity index (χ1v) is 9.00. The zero-order valence-electron chi connectivity index (χ0n) is 15.2. The molecule has 1 aliphatic heterocycles. The molecule has 4 nitrogen and oxygen atoms in total. The van der Waals surface area contributed by atoms with Gasteiger partial charge in [-0.3, -0.25) is 4.98 Å². The van der Waals surface area contributed by atoms with Crippen molar-refractivity contribution < 1.29 is 10.4 Å². The lowest BCUT2D eigenvalue weighted by molar-refractivity contribution is -0.676. The Labute approximate surface area is 148 Å². The van der Waals surface area contributed by atoms with Crippen molar-refractivity contribution in [1.29, 1.82) is 0 Å². The molecule has 1 aromatic carbocycles. The maximum atomic E-state index is 11.1. The van der Waals surface area contributed by atoms with Crippen molar-refractivity contribution in [3.63, 3.8) is 0 Å². The average molecular weight is 336 g/mol. The molecule has 0 saturated carbocycles. The summed E-state index contributed by atoms with van der Waals surface area (Å²) < 4.78 is 2.33. The van der Waals surface area contributed by atoms with Gasteiger partial charge < -0.3 is 15.0 Å². The topological polar surface area (TPSA) is 54.7 Å². The number of hydrogen-bond acceptors (Lipinski definition) is 2. The Morgan fingerprint density at radius 2 is 2.20 bits per heavy atom. The zero-order valence-corrected chi connectivity index (χ0v) is 15.2. The van der Waals surface area contributed by atoms with Crippen molar-refractivity contribution in [2.75, 3.05) is 6.54 Å². The highest BCUT2D eigenvalue weighted by Crippen LogP contribution is 2.38. The molecule has 130 valence electrons. The molecule has 4 rings (SSSR count). The van der Waals surface area contributed by atoms with E-state index in [-0.39, 0.29) is 0 Å². The number of aliphatic hydroxyl groups is 1. The Balaban J connectivity index is 1.76. The minimum absolute atomic E-state index is 0.316. The summed E-state index contributed by atoms with van der Waals surface area (Å²) in [4.78, 5) is 4.18.